The first kappa shape index (κ1) is 22.7. The van der Waals surface area contributed by atoms with Crippen molar-refractivity contribution in [2.24, 2.45) is 0 Å². The minimum atomic E-state index is -0.228. The summed E-state index contributed by atoms with van der Waals surface area (Å²) in [6.07, 6.45) is 5.01. The third-order valence-corrected chi connectivity index (χ3v) is 6.27. The van der Waals surface area contributed by atoms with E-state index in [1.54, 1.807) is 19.2 Å². The van der Waals surface area contributed by atoms with Gasteiger partial charge in [-0.05, 0) is 44.9 Å². The number of hydrogen-bond donors (Lipinski definition) is 1. The quantitative estimate of drug-likeness (QED) is 0.468. The van der Waals surface area contributed by atoms with Crippen LogP contribution in [0.2, 0.25) is 0 Å². The van der Waals surface area contributed by atoms with Gasteiger partial charge in [0, 0.05) is 18.0 Å². The summed E-state index contributed by atoms with van der Waals surface area (Å²) in [6.45, 7) is 4.46. The van der Waals surface area contributed by atoms with Crippen molar-refractivity contribution in [3.05, 3.63) is 47.7 Å². The zero-order valence-corrected chi connectivity index (χ0v) is 19.8. The van der Waals surface area contributed by atoms with Gasteiger partial charge in [-0.3, -0.25) is 9.78 Å². The van der Waals surface area contributed by atoms with Gasteiger partial charge in [0.25, 0.3) is 0 Å². The summed E-state index contributed by atoms with van der Waals surface area (Å²) in [4.78, 5) is 30.7. The topological polar surface area (TPSA) is 128 Å². The Bertz CT molecular complexity index is 1470. The smallest absolute Gasteiger partial charge is 0.316 e. The number of rotatable bonds is 5. The maximum atomic E-state index is 13.1. The summed E-state index contributed by atoms with van der Waals surface area (Å²) in [5.74, 6) is 0.411. The summed E-state index contributed by atoms with van der Waals surface area (Å²) in [6, 6.07) is 8.00. The van der Waals surface area contributed by atoms with E-state index in [0.717, 1.165) is 29.3 Å². The molecule has 4 aromatic rings. The highest BCUT2D eigenvalue weighted by Gasteiger charge is 2.27. The highest BCUT2D eigenvalue weighted by molar-refractivity contribution is 6.03. The van der Waals surface area contributed by atoms with Crippen LogP contribution in [0.4, 0.5) is 5.69 Å². The summed E-state index contributed by atoms with van der Waals surface area (Å²) in [7, 11) is 1.49. The summed E-state index contributed by atoms with van der Waals surface area (Å²) in [5, 5.41) is 13.2. The molecule has 0 saturated carbocycles. The molecule has 178 valence electrons. The third kappa shape index (κ3) is 4.38. The second kappa shape index (κ2) is 9.27. The fourth-order valence-electron chi connectivity index (χ4n) is 4.63. The lowest BCUT2D eigenvalue weighted by Crippen LogP contribution is -2.27. The second-order valence-electron chi connectivity index (χ2n) is 8.67. The zero-order chi connectivity index (χ0) is 24.5. The van der Waals surface area contributed by atoms with Crippen LogP contribution in [0.1, 0.15) is 42.9 Å². The van der Waals surface area contributed by atoms with Gasteiger partial charge in [-0.15, -0.1) is 0 Å². The first-order valence-electron chi connectivity index (χ1n) is 11.5. The molecule has 1 fully saturated rings. The van der Waals surface area contributed by atoms with Crippen LogP contribution in [0.15, 0.2) is 30.6 Å². The SMILES string of the molecule is COc1ncc(NC(=O)Cc2nc3cnc4ccc(C#N)cc4c3n2C2CCOC(C)C2)c(C)n1. The molecule has 0 aliphatic carbocycles. The Kier molecular flexibility index (Phi) is 6.01. The van der Waals surface area contributed by atoms with E-state index in [0.29, 0.717) is 34.9 Å². The summed E-state index contributed by atoms with van der Waals surface area (Å²) in [5.41, 5.74) is 4.03. The van der Waals surface area contributed by atoms with Gasteiger partial charge < -0.3 is 19.4 Å². The Balaban J connectivity index is 1.57. The van der Waals surface area contributed by atoms with Gasteiger partial charge >= 0.3 is 6.01 Å². The minimum Gasteiger partial charge on any atom is -0.467 e. The Hall–Kier alpha value is -4.10. The Morgan fingerprint density at radius 3 is 2.89 bits per heavy atom. The van der Waals surface area contributed by atoms with E-state index in [9.17, 15) is 10.1 Å². The number of nitriles is 1. The molecule has 10 nitrogen and oxygen atoms in total. The molecule has 5 rings (SSSR count). The first-order valence-corrected chi connectivity index (χ1v) is 11.5. The van der Waals surface area contributed by atoms with Gasteiger partial charge in [0.1, 0.15) is 11.3 Å². The number of amides is 1. The lowest BCUT2D eigenvalue weighted by atomic mass is 10.0. The predicted octanol–water partition coefficient (Wildman–Crippen LogP) is 3.48. The average Bonchev–Trinajstić information content (AvgIpc) is 3.23. The van der Waals surface area contributed by atoms with Crippen molar-refractivity contribution in [1.82, 2.24) is 24.5 Å². The normalized spacial score (nSPS) is 17.9. The summed E-state index contributed by atoms with van der Waals surface area (Å²) < 4.78 is 13.0. The van der Waals surface area contributed by atoms with Crippen LogP contribution in [-0.2, 0) is 16.0 Å². The monoisotopic (exact) mass is 471 g/mol. The Morgan fingerprint density at radius 1 is 1.29 bits per heavy atom. The molecule has 10 heteroatoms. The van der Waals surface area contributed by atoms with Crippen molar-refractivity contribution in [3.8, 4) is 12.1 Å². The number of fused-ring (bicyclic) bond motifs is 3. The number of aromatic nitrogens is 5. The molecule has 1 aliphatic rings. The second-order valence-corrected chi connectivity index (χ2v) is 8.67. The number of imidazole rings is 1. The number of nitrogens with one attached hydrogen (secondary N) is 1. The van der Waals surface area contributed by atoms with Gasteiger partial charge in [-0.25, -0.2) is 9.97 Å². The molecule has 1 N–H and O–H groups in total. The fraction of sp³-hybridized carbons (Fsp3) is 0.360. The number of carbonyl (C=O) groups is 1. The van der Waals surface area contributed by atoms with E-state index >= 15 is 0 Å². The number of pyridine rings is 1. The number of hydrogen-bond acceptors (Lipinski definition) is 8. The zero-order valence-electron chi connectivity index (χ0n) is 19.8. The molecule has 1 amide bonds. The van der Waals surface area contributed by atoms with Gasteiger partial charge in [-0.2, -0.15) is 10.2 Å². The van der Waals surface area contributed by atoms with Crippen LogP contribution < -0.4 is 10.1 Å². The predicted molar refractivity (Wildman–Crippen MR) is 129 cm³/mol. The van der Waals surface area contributed by atoms with Crippen LogP contribution in [-0.4, -0.2) is 50.2 Å². The fourth-order valence-corrected chi connectivity index (χ4v) is 4.63. The van der Waals surface area contributed by atoms with E-state index in [2.05, 4.69) is 37.8 Å². The van der Waals surface area contributed by atoms with Crippen LogP contribution in [0.5, 0.6) is 6.01 Å². The van der Waals surface area contributed by atoms with Crippen LogP contribution >= 0.6 is 0 Å². The maximum absolute atomic E-state index is 13.1. The molecule has 4 heterocycles. The molecule has 1 aromatic carbocycles. The van der Waals surface area contributed by atoms with Crippen molar-refractivity contribution in [1.29, 1.82) is 5.26 Å². The molecule has 0 radical (unpaired) electrons. The first-order chi connectivity index (χ1) is 17.0. The van der Waals surface area contributed by atoms with Gasteiger partial charge in [0.2, 0.25) is 5.91 Å². The van der Waals surface area contributed by atoms with Crippen LogP contribution in [0.3, 0.4) is 0 Å². The van der Waals surface area contributed by atoms with Gasteiger partial charge in [-0.1, -0.05) is 0 Å². The molecule has 3 aromatic heterocycles. The maximum Gasteiger partial charge on any atom is 0.316 e. The minimum absolute atomic E-state index is 0.0608. The molecule has 1 aliphatic heterocycles. The largest absolute Gasteiger partial charge is 0.467 e. The third-order valence-electron chi connectivity index (χ3n) is 6.27. The molecule has 2 atom stereocenters. The molecular weight excluding hydrogens is 446 g/mol. The van der Waals surface area contributed by atoms with Gasteiger partial charge in [0.05, 0.1) is 66.1 Å². The Morgan fingerprint density at radius 2 is 2.14 bits per heavy atom. The standard InChI is InChI=1S/C25H25N7O3/c1-14-8-17(6-7-35-14)32-22(10-23(33)31-20-12-28-25(34-3)29-15(20)2)30-21-13-27-19-5-4-16(11-26)9-18(19)24(21)32/h4-5,9,12-14,17H,6-8,10H2,1-3H3,(H,31,33). The van der Waals surface area contributed by atoms with Crippen molar-refractivity contribution in [2.75, 3.05) is 19.0 Å². The van der Waals surface area contributed by atoms with E-state index in [1.807, 2.05) is 12.1 Å². The summed E-state index contributed by atoms with van der Waals surface area (Å²) >= 11 is 0. The van der Waals surface area contributed by atoms with Crippen LogP contribution in [0.25, 0.3) is 21.9 Å². The molecule has 35 heavy (non-hydrogen) atoms. The van der Waals surface area contributed by atoms with E-state index in [-0.39, 0.29) is 30.5 Å². The number of methoxy groups -OCH3 is 1. The van der Waals surface area contributed by atoms with E-state index < -0.39 is 0 Å². The lowest BCUT2D eigenvalue weighted by Gasteiger charge is -2.30. The number of carbonyl (C=O) groups excluding carboxylic acids is 1. The van der Waals surface area contributed by atoms with Gasteiger partial charge in [0.15, 0.2) is 0 Å². The molecule has 0 bridgehead atoms. The van der Waals surface area contributed by atoms with Crippen molar-refractivity contribution >= 4 is 33.5 Å². The molecule has 0 spiro atoms. The highest BCUT2D eigenvalue weighted by Crippen LogP contribution is 2.34. The van der Waals surface area contributed by atoms with E-state index in [4.69, 9.17) is 14.5 Å². The van der Waals surface area contributed by atoms with Crippen molar-refractivity contribution in [3.63, 3.8) is 0 Å². The highest BCUT2D eigenvalue weighted by atomic mass is 16.5. The number of anilines is 1. The van der Waals surface area contributed by atoms with E-state index in [1.165, 1.54) is 13.3 Å². The van der Waals surface area contributed by atoms with Crippen LogP contribution in [0, 0.1) is 18.3 Å². The average molecular weight is 472 g/mol. The number of nitrogens with zero attached hydrogens (tertiary/aromatic N) is 6. The number of benzene rings is 1. The van der Waals surface area contributed by atoms with Crippen molar-refractivity contribution in [2.45, 2.75) is 45.3 Å². The van der Waals surface area contributed by atoms with Crippen molar-refractivity contribution < 1.29 is 14.3 Å². The lowest BCUT2D eigenvalue weighted by molar-refractivity contribution is -0.115. The Labute approximate surface area is 201 Å². The molecular formula is C25H25N7O3. The molecule has 2 unspecified atom stereocenters. The molecule has 1 saturated heterocycles. The number of ether oxygens (including phenoxy) is 2. The number of aryl methyl sites for hydroxylation is 1.